The molecule has 4 heterocycles. The first kappa shape index (κ1) is 18.8. The molecule has 0 spiro atoms. The molecule has 7 nitrogen and oxygen atoms in total. The standard InChI is InChI=1S/C15H20N6O.2ClH/c22-15(13-10-20-8-6-16-4-2-14(20)18-13)21-7-3-11(9-21)12-1-5-17-19-12;;/h1,5,10-11,16H,2-4,6-9H2,(H,17,19);2*1H. The van der Waals surface area contributed by atoms with Crippen molar-refractivity contribution < 1.29 is 4.79 Å². The summed E-state index contributed by atoms with van der Waals surface area (Å²) in [6, 6.07) is 1.99. The molecule has 2 aromatic rings. The number of nitrogens with one attached hydrogen (secondary N) is 2. The zero-order chi connectivity index (χ0) is 14.9. The third kappa shape index (κ3) is 3.58. The molecule has 0 bridgehead atoms. The summed E-state index contributed by atoms with van der Waals surface area (Å²) in [5, 5.41) is 10.3. The number of amides is 1. The van der Waals surface area contributed by atoms with Crippen LogP contribution in [0.15, 0.2) is 18.5 Å². The maximum atomic E-state index is 12.7. The van der Waals surface area contributed by atoms with Crippen LogP contribution in [0.5, 0.6) is 0 Å². The van der Waals surface area contributed by atoms with Crippen molar-refractivity contribution in [2.75, 3.05) is 26.2 Å². The molecule has 9 heteroatoms. The monoisotopic (exact) mass is 372 g/mol. The molecule has 0 radical (unpaired) electrons. The Hall–Kier alpha value is -1.57. The van der Waals surface area contributed by atoms with Crippen LogP contribution < -0.4 is 5.32 Å². The summed E-state index contributed by atoms with van der Waals surface area (Å²) in [5.74, 6) is 1.42. The Kier molecular flexibility index (Phi) is 6.26. The van der Waals surface area contributed by atoms with Gasteiger partial charge in [0.2, 0.25) is 0 Å². The van der Waals surface area contributed by atoms with Crippen molar-refractivity contribution in [3.63, 3.8) is 0 Å². The van der Waals surface area contributed by atoms with Crippen molar-refractivity contribution in [1.82, 2.24) is 30.0 Å². The smallest absolute Gasteiger partial charge is 0.274 e. The zero-order valence-electron chi connectivity index (χ0n) is 13.3. The minimum Gasteiger partial charge on any atom is -0.337 e. The summed E-state index contributed by atoms with van der Waals surface area (Å²) in [6.45, 7) is 4.27. The van der Waals surface area contributed by atoms with Crippen LogP contribution in [-0.4, -0.2) is 56.7 Å². The molecule has 24 heavy (non-hydrogen) atoms. The summed E-state index contributed by atoms with van der Waals surface area (Å²) < 4.78 is 2.11. The van der Waals surface area contributed by atoms with E-state index in [9.17, 15) is 4.79 Å². The molecule has 1 atom stereocenters. The second-order valence-electron chi connectivity index (χ2n) is 5.98. The first-order valence-corrected chi connectivity index (χ1v) is 7.86. The van der Waals surface area contributed by atoms with Crippen LogP contribution in [0.4, 0.5) is 0 Å². The van der Waals surface area contributed by atoms with Gasteiger partial charge in [-0.1, -0.05) is 0 Å². The summed E-state index contributed by atoms with van der Waals surface area (Å²) in [7, 11) is 0. The molecule has 2 N–H and O–H groups in total. The average molecular weight is 373 g/mol. The predicted octanol–water partition coefficient (Wildman–Crippen LogP) is 1.23. The number of carbonyl (C=O) groups is 1. The van der Waals surface area contributed by atoms with Crippen LogP contribution in [0.2, 0.25) is 0 Å². The van der Waals surface area contributed by atoms with Gasteiger partial charge in [-0.2, -0.15) is 5.10 Å². The first-order valence-electron chi connectivity index (χ1n) is 7.86. The van der Waals surface area contributed by atoms with Crippen LogP contribution in [0.1, 0.15) is 34.3 Å². The van der Waals surface area contributed by atoms with E-state index in [0.29, 0.717) is 11.6 Å². The van der Waals surface area contributed by atoms with Crippen molar-refractivity contribution in [3.05, 3.63) is 35.7 Å². The number of aromatic amines is 1. The van der Waals surface area contributed by atoms with Crippen molar-refractivity contribution in [2.24, 2.45) is 0 Å². The molecule has 1 unspecified atom stereocenters. The number of H-pyrrole nitrogens is 1. The Balaban J connectivity index is 0.00000104. The molecule has 1 saturated heterocycles. The fraction of sp³-hybridized carbons (Fsp3) is 0.533. The second kappa shape index (κ2) is 8.00. The Labute approximate surface area is 153 Å². The van der Waals surface area contributed by atoms with Gasteiger partial charge < -0.3 is 14.8 Å². The molecule has 2 aromatic heterocycles. The first-order chi connectivity index (χ1) is 10.8. The van der Waals surface area contributed by atoms with Crippen molar-refractivity contribution in [3.8, 4) is 0 Å². The van der Waals surface area contributed by atoms with Gasteiger partial charge in [-0.05, 0) is 12.5 Å². The molecular weight excluding hydrogens is 351 g/mol. The Bertz CT molecular complexity index is 648. The largest absolute Gasteiger partial charge is 0.337 e. The lowest BCUT2D eigenvalue weighted by Gasteiger charge is -2.14. The van der Waals surface area contributed by atoms with E-state index in [4.69, 9.17) is 0 Å². The third-order valence-electron chi connectivity index (χ3n) is 4.57. The van der Waals surface area contributed by atoms with E-state index in [0.717, 1.165) is 57.1 Å². The number of likely N-dealkylation sites (tertiary alicyclic amines) is 1. The fourth-order valence-electron chi connectivity index (χ4n) is 3.33. The van der Waals surface area contributed by atoms with Crippen LogP contribution >= 0.6 is 24.8 Å². The van der Waals surface area contributed by atoms with Gasteiger partial charge in [0, 0.05) is 63.2 Å². The van der Waals surface area contributed by atoms with E-state index in [1.807, 2.05) is 17.2 Å². The number of hydrogen-bond acceptors (Lipinski definition) is 4. The highest BCUT2D eigenvalue weighted by molar-refractivity contribution is 5.92. The van der Waals surface area contributed by atoms with Gasteiger partial charge in [0.05, 0.1) is 0 Å². The maximum Gasteiger partial charge on any atom is 0.274 e. The minimum atomic E-state index is 0. The number of carbonyl (C=O) groups excluding carboxylic acids is 1. The lowest BCUT2D eigenvalue weighted by Crippen LogP contribution is -2.29. The molecule has 0 aromatic carbocycles. The number of halogens is 2. The lowest BCUT2D eigenvalue weighted by atomic mass is 10.1. The molecule has 0 aliphatic carbocycles. The Morgan fingerprint density at radius 1 is 1.25 bits per heavy atom. The highest BCUT2D eigenvalue weighted by atomic mass is 35.5. The molecule has 1 amide bonds. The number of fused-ring (bicyclic) bond motifs is 1. The second-order valence-corrected chi connectivity index (χ2v) is 5.98. The average Bonchev–Trinajstić information content (AvgIpc) is 3.24. The van der Waals surface area contributed by atoms with E-state index in [-0.39, 0.29) is 30.7 Å². The van der Waals surface area contributed by atoms with Gasteiger partial charge in [0.15, 0.2) is 0 Å². The van der Waals surface area contributed by atoms with E-state index in [1.165, 1.54) is 0 Å². The molecule has 0 saturated carbocycles. The van der Waals surface area contributed by atoms with Crippen LogP contribution in [0.3, 0.4) is 0 Å². The number of nitrogens with zero attached hydrogens (tertiary/aromatic N) is 4. The minimum absolute atomic E-state index is 0. The van der Waals surface area contributed by atoms with Crippen molar-refractivity contribution in [2.45, 2.75) is 25.3 Å². The van der Waals surface area contributed by atoms with E-state index in [2.05, 4.69) is 25.1 Å². The number of aromatic nitrogens is 4. The van der Waals surface area contributed by atoms with E-state index < -0.39 is 0 Å². The molecular formula is C15H22Cl2N6O. The Morgan fingerprint density at radius 2 is 2.12 bits per heavy atom. The van der Waals surface area contributed by atoms with Gasteiger partial charge in [0.25, 0.3) is 5.91 Å². The predicted molar refractivity (Wildman–Crippen MR) is 95.1 cm³/mol. The van der Waals surface area contributed by atoms with Crippen molar-refractivity contribution in [1.29, 1.82) is 0 Å². The third-order valence-corrected chi connectivity index (χ3v) is 4.57. The number of rotatable bonds is 2. The van der Waals surface area contributed by atoms with Crippen LogP contribution in [0, 0.1) is 0 Å². The normalized spacial score (nSPS) is 19.8. The van der Waals surface area contributed by atoms with Crippen LogP contribution in [-0.2, 0) is 13.0 Å². The zero-order valence-corrected chi connectivity index (χ0v) is 14.9. The molecule has 132 valence electrons. The summed E-state index contributed by atoms with van der Waals surface area (Å²) in [4.78, 5) is 19.1. The Morgan fingerprint density at radius 3 is 2.92 bits per heavy atom. The van der Waals surface area contributed by atoms with Crippen molar-refractivity contribution >= 4 is 30.7 Å². The van der Waals surface area contributed by atoms with Gasteiger partial charge in [-0.25, -0.2) is 4.98 Å². The van der Waals surface area contributed by atoms with Gasteiger partial charge in [-0.15, -0.1) is 24.8 Å². The number of imidazole rings is 1. The highest BCUT2D eigenvalue weighted by Gasteiger charge is 2.30. The highest BCUT2D eigenvalue weighted by Crippen LogP contribution is 2.26. The topological polar surface area (TPSA) is 78.8 Å². The SMILES string of the molecule is Cl.Cl.O=C(c1cn2c(n1)CCNCC2)N1CCC(c2ccn[nH]2)C1. The maximum absolute atomic E-state index is 12.7. The van der Waals surface area contributed by atoms with Gasteiger partial charge in [0.1, 0.15) is 11.5 Å². The van der Waals surface area contributed by atoms with Crippen LogP contribution in [0.25, 0.3) is 0 Å². The van der Waals surface area contributed by atoms with Gasteiger partial charge in [-0.3, -0.25) is 9.89 Å². The molecule has 1 fully saturated rings. The molecule has 2 aliphatic heterocycles. The van der Waals surface area contributed by atoms with E-state index >= 15 is 0 Å². The quantitative estimate of drug-likeness (QED) is 0.830. The lowest BCUT2D eigenvalue weighted by molar-refractivity contribution is 0.0785. The molecule has 4 rings (SSSR count). The fourth-order valence-corrected chi connectivity index (χ4v) is 3.33. The number of hydrogen-bond donors (Lipinski definition) is 2. The summed E-state index contributed by atoms with van der Waals surface area (Å²) in [6.07, 6.45) is 5.53. The summed E-state index contributed by atoms with van der Waals surface area (Å²) in [5.41, 5.74) is 1.70. The van der Waals surface area contributed by atoms with Gasteiger partial charge >= 0.3 is 0 Å². The van der Waals surface area contributed by atoms with E-state index in [1.54, 1.807) is 6.20 Å². The summed E-state index contributed by atoms with van der Waals surface area (Å²) >= 11 is 0. The molecule has 2 aliphatic rings.